The summed E-state index contributed by atoms with van der Waals surface area (Å²) < 4.78 is 5.74. The lowest BCUT2D eigenvalue weighted by Gasteiger charge is -2.39. The van der Waals surface area contributed by atoms with Crippen LogP contribution in [0.25, 0.3) is 0 Å². The average Bonchev–Trinajstić information content (AvgIpc) is 2.78. The van der Waals surface area contributed by atoms with Gasteiger partial charge in [0.1, 0.15) is 0 Å². The van der Waals surface area contributed by atoms with E-state index in [1.807, 2.05) is 0 Å². The maximum Gasteiger partial charge on any atom is 0.258 e. The highest BCUT2D eigenvalue weighted by Crippen LogP contribution is 2.52. The number of fused-ring (bicyclic) bond motifs is 2. The van der Waals surface area contributed by atoms with Gasteiger partial charge in [-0.1, -0.05) is 20.8 Å². The zero-order valence-corrected chi connectivity index (χ0v) is 13.3. The van der Waals surface area contributed by atoms with E-state index in [1.165, 1.54) is 6.42 Å². The molecule has 2 unspecified atom stereocenters. The number of likely N-dealkylation sites (tertiary alicyclic amines) is 1. The molecule has 1 aliphatic heterocycles. The molecule has 1 aromatic rings. The van der Waals surface area contributed by atoms with Gasteiger partial charge in [-0.05, 0) is 52.1 Å². The molecule has 1 aliphatic carbocycles. The van der Waals surface area contributed by atoms with Crippen LogP contribution in [0.1, 0.15) is 50.4 Å². The molecule has 104 valence electrons. The molecule has 1 saturated heterocycles. The quantitative estimate of drug-likeness (QED) is 0.779. The van der Waals surface area contributed by atoms with E-state index >= 15 is 0 Å². The van der Waals surface area contributed by atoms with Crippen molar-refractivity contribution in [3.05, 3.63) is 22.6 Å². The minimum absolute atomic E-state index is 0.104. The Morgan fingerprint density at radius 1 is 1.42 bits per heavy atom. The molecule has 4 heteroatoms. The maximum absolute atomic E-state index is 12.7. The molecule has 2 atom stereocenters. The van der Waals surface area contributed by atoms with Crippen molar-refractivity contribution in [3.8, 4) is 0 Å². The second-order valence-electron chi connectivity index (χ2n) is 7.25. The Hall–Kier alpha value is -0.770. The van der Waals surface area contributed by atoms with Gasteiger partial charge < -0.3 is 9.32 Å². The summed E-state index contributed by atoms with van der Waals surface area (Å²) in [4.78, 5) is 14.7. The fourth-order valence-corrected chi connectivity index (χ4v) is 4.71. The third-order valence-electron chi connectivity index (χ3n) is 4.52. The number of furan rings is 1. The molecular formula is C15H20BrNO2. The third kappa shape index (κ3) is 2.24. The molecular weight excluding hydrogens is 306 g/mol. The van der Waals surface area contributed by atoms with Gasteiger partial charge in [0.2, 0.25) is 0 Å². The van der Waals surface area contributed by atoms with Gasteiger partial charge in [0.05, 0.1) is 11.8 Å². The highest BCUT2D eigenvalue weighted by Gasteiger charge is 2.51. The summed E-state index contributed by atoms with van der Waals surface area (Å²) in [7, 11) is 0. The van der Waals surface area contributed by atoms with Crippen molar-refractivity contribution < 1.29 is 9.21 Å². The minimum atomic E-state index is 0.104. The Morgan fingerprint density at radius 2 is 2.16 bits per heavy atom. The summed E-state index contributed by atoms with van der Waals surface area (Å²) in [5.41, 5.74) is 1.26. The molecule has 1 aromatic heterocycles. The van der Waals surface area contributed by atoms with Crippen LogP contribution in [0, 0.1) is 10.8 Å². The van der Waals surface area contributed by atoms with Crippen LogP contribution < -0.4 is 0 Å². The van der Waals surface area contributed by atoms with Crippen molar-refractivity contribution in [1.29, 1.82) is 0 Å². The van der Waals surface area contributed by atoms with Crippen molar-refractivity contribution >= 4 is 21.8 Å². The smallest absolute Gasteiger partial charge is 0.258 e. The molecule has 2 aliphatic rings. The van der Waals surface area contributed by atoms with Gasteiger partial charge in [0, 0.05) is 12.6 Å². The minimum Gasteiger partial charge on any atom is -0.457 e. The van der Waals surface area contributed by atoms with E-state index in [4.69, 9.17) is 4.42 Å². The van der Waals surface area contributed by atoms with Gasteiger partial charge in [-0.2, -0.15) is 0 Å². The van der Waals surface area contributed by atoms with Crippen LogP contribution in [0.15, 0.2) is 21.4 Å². The van der Waals surface area contributed by atoms with Gasteiger partial charge in [-0.3, -0.25) is 4.79 Å². The number of hydrogen-bond donors (Lipinski definition) is 0. The van der Waals surface area contributed by atoms with Crippen molar-refractivity contribution in [2.24, 2.45) is 10.8 Å². The van der Waals surface area contributed by atoms with E-state index in [1.54, 1.807) is 12.3 Å². The van der Waals surface area contributed by atoms with E-state index in [9.17, 15) is 4.79 Å². The molecule has 0 N–H and O–H groups in total. The lowest BCUT2D eigenvalue weighted by molar-refractivity contribution is 0.0706. The summed E-state index contributed by atoms with van der Waals surface area (Å²) in [6.07, 6.45) is 5.00. The molecule has 3 rings (SSSR count). The maximum atomic E-state index is 12.7. The van der Waals surface area contributed by atoms with Crippen molar-refractivity contribution in [2.45, 2.75) is 46.1 Å². The fraction of sp³-hybridized carbons (Fsp3) is 0.667. The standard InChI is InChI=1S/C15H20BrNO2/c1-14(2)6-10-7-15(3,8-14)9-17(10)13(18)11-4-5-19-12(11)16/h4-5,10H,6-9H2,1-3H3. The Balaban J connectivity index is 1.88. The van der Waals surface area contributed by atoms with E-state index in [0.717, 1.165) is 19.4 Å². The predicted molar refractivity (Wildman–Crippen MR) is 77.0 cm³/mol. The molecule has 1 amide bonds. The van der Waals surface area contributed by atoms with Gasteiger partial charge in [0.25, 0.3) is 5.91 Å². The Bertz CT molecular complexity index is 522. The zero-order valence-electron chi connectivity index (χ0n) is 11.7. The lowest BCUT2D eigenvalue weighted by atomic mass is 9.65. The van der Waals surface area contributed by atoms with Crippen LogP contribution in [0.3, 0.4) is 0 Å². The van der Waals surface area contributed by atoms with E-state index in [2.05, 4.69) is 41.6 Å². The molecule has 0 aromatic carbocycles. The number of nitrogens with zero attached hydrogens (tertiary/aromatic N) is 1. The summed E-state index contributed by atoms with van der Waals surface area (Å²) in [5, 5.41) is 0. The largest absolute Gasteiger partial charge is 0.457 e. The van der Waals surface area contributed by atoms with E-state index in [-0.39, 0.29) is 11.3 Å². The highest BCUT2D eigenvalue weighted by atomic mass is 79.9. The molecule has 0 radical (unpaired) electrons. The molecule has 0 spiro atoms. The topological polar surface area (TPSA) is 33.5 Å². The first-order valence-electron chi connectivity index (χ1n) is 6.84. The van der Waals surface area contributed by atoms with Gasteiger partial charge >= 0.3 is 0 Å². The number of halogens is 1. The molecule has 19 heavy (non-hydrogen) atoms. The Labute approximate surface area is 122 Å². The fourth-order valence-electron chi connectivity index (χ4n) is 4.30. The van der Waals surface area contributed by atoms with Crippen molar-refractivity contribution in [2.75, 3.05) is 6.54 Å². The van der Waals surface area contributed by atoms with Crippen LogP contribution in [-0.4, -0.2) is 23.4 Å². The second-order valence-corrected chi connectivity index (χ2v) is 7.97. The van der Waals surface area contributed by atoms with Gasteiger partial charge in [-0.15, -0.1) is 0 Å². The first-order valence-corrected chi connectivity index (χ1v) is 7.63. The summed E-state index contributed by atoms with van der Waals surface area (Å²) in [6.45, 7) is 7.83. The summed E-state index contributed by atoms with van der Waals surface area (Å²) >= 11 is 3.31. The summed E-state index contributed by atoms with van der Waals surface area (Å²) in [6, 6.07) is 2.13. The SMILES string of the molecule is CC1(C)CC2CC(C)(CN2C(=O)c2ccoc2Br)C1. The average molecular weight is 326 g/mol. The Morgan fingerprint density at radius 3 is 2.79 bits per heavy atom. The number of rotatable bonds is 1. The molecule has 3 nitrogen and oxygen atoms in total. The van der Waals surface area contributed by atoms with Crippen LogP contribution in [0.2, 0.25) is 0 Å². The first kappa shape index (κ1) is 13.2. The number of amides is 1. The van der Waals surface area contributed by atoms with Crippen molar-refractivity contribution in [1.82, 2.24) is 4.90 Å². The van der Waals surface area contributed by atoms with Crippen LogP contribution >= 0.6 is 15.9 Å². The number of carbonyl (C=O) groups is 1. The van der Waals surface area contributed by atoms with Crippen LogP contribution in [0.5, 0.6) is 0 Å². The summed E-state index contributed by atoms with van der Waals surface area (Å²) in [5.74, 6) is 0.104. The number of hydrogen-bond acceptors (Lipinski definition) is 2. The highest BCUT2D eigenvalue weighted by molar-refractivity contribution is 9.10. The third-order valence-corrected chi connectivity index (χ3v) is 5.14. The normalized spacial score (nSPS) is 32.6. The first-order chi connectivity index (χ1) is 8.80. The molecule has 2 bridgehead atoms. The molecule has 2 fully saturated rings. The van der Waals surface area contributed by atoms with Gasteiger partial charge in [0.15, 0.2) is 4.67 Å². The lowest BCUT2D eigenvalue weighted by Crippen LogP contribution is -2.37. The van der Waals surface area contributed by atoms with E-state index in [0.29, 0.717) is 21.7 Å². The van der Waals surface area contributed by atoms with Crippen molar-refractivity contribution in [3.63, 3.8) is 0 Å². The van der Waals surface area contributed by atoms with Crippen LogP contribution in [0.4, 0.5) is 0 Å². The molecule has 1 saturated carbocycles. The van der Waals surface area contributed by atoms with E-state index < -0.39 is 0 Å². The number of carbonyl (C=O) groups excluding carboxylic acids is 1. The van der Waals surface area contributed by atoms with Crippen LogP contribution in [-0.2, 0) is 0 Å². The zero-order chi connectivity index (χ0) is 13.8. The monoisotopic (exact) mass is 325 g/mol. The van der Waals surface area contributed by atoms with Gasteiger partial charge in [-0.25, -0.2) is 0 Å². The molecule has 2 heterocycles. The predicted octanol–water partition coefficient (Wildman–Crippen LogP) is 4.08. The second kappa shape index (κ2) is 4.11. The Kier molecular flexibility index (Phi) is 2.86.